The average Bonchev–Trinajstić information content (AvgIpc) is 1.83. The van der Waals surface area contributed by atoms with Gasteiger partial charge in [-0.3, -0.25) is 0 Å². The Morgan fingerprint density at radius 1 is 1.36 bits per heavy atom. The van der Waals surface area contributed by atoms with Crippen molar-refractivity contribution in [2.24, 2.45) is 11.1 Å². The SMILES string of the molecule is N[C@@H]1C[C@H](O)C12CC(F)(F)C2. The Kier molecular flexibility index (Phi) is 1.18. The molecule has 3 N–H and O–H groups in total. The molecule has 11 heavy (non-hydrogen) atoms. The molecule has 0 heterocycles. The van der Waals surface area contributed by atoms with Gasteiger partial charge >= 0.3 is 0 Å². The number of hydrogen-bond donors (Lipinski definition) is 2. The quantitative estimate of drug-likeness (QED) is 0.546. The van der Waals surface area contributed by atoms with E-state index < -0.39 is 17.4 Å². The van der Waals surface area contributed by atoms with Crippen LogP contribution in [0.1, 0.15) is 19.3 Å². The van der Waals surface area contributed by atoms with Crippen LogP contribution < -0.4 is 5.73 Å². The van der Waals surface area contributed by atoms with E-state index in [0.29, 0.717) is 6.42 Å². The average molecular weight is 163 g/mol. The van der Waals surface area contributed by atoms with Crippen molar-refractivity contribution in [2.75, 3.05) is 0 Å². The van der Waals surface area contributed by atoms with Crippen molar-refractivity contribution in [2.45, 2.75) is 37.3 Å². The number of rotatable bonds is 0. The van der Waals surface area contributed by atoms with Crippen LogP contribution in [-0.2, 0) is 0 Å². The molecule has 2 aliphatic carbocycles. The fourth-order valence-corrected chi connectivity index (χ4v) is 2.21. The third-order valence-electron chi connectivity index (χ3n) is 3.05. The van der Waals surface area contributed by atoms with Gasteiger partial charge in [0.15, 0.2) is 0 Å². The maximum absolute atomic E-state index is 12.4. The highest BCUT2D eigenvalue weighted by Gasteiger charge is 2.67. The summed E-state index contributed by atoms with van der Waals surface area (Å²) in [5.74, 6) is -2.57. The standard InChI is InChI=1S/C7H11F2NO/c8-7(9)2-6(3-7)4(10)1-5(6)11/h4-5,11H,1-3,10H2/t4-,5+/m1/s1. The molecule has 2 atom stereocenters. The number of alkyl halides is 2. The molecule has 2 fully saturated rings. The monoisotopic (exact) mass is 163 g/mol. The summed E-state index contributed by atoms with van der Waals surface area (Å²) in [6.45, 7) is 0. The molecule has 64 valence electrons. The first-order valence-electron chi connectivity index (χ1n) is 3.78. The molecule has 2 rings (SSSR count). The van der Waals surface area contributed by atoms with Crippen LogP contribution in [0.15, 0.2) is 0 Å². The molecule has 0 aromatic rings. The summed E-state index contributed by atoms with van der Waals surface area (Å²) in [6.07, 6.45) is -0.544. The van der Waals surface area contributed by atoms with Crippen LogP contribution in [0.3, 0.4) is 0 Å². The predicted molar refractivity (Wildman–Crippen MR) is 35.2 cm³/mol. The Morgan fingerprint density at radius 3 is 2.09 bits per heavy atom. The normalized spacial score (nSPS) is 44.7. The first-order valence-corrected chi connectivity index (χ1v) is 3.78. The minimum atomic E-state index is -2.57. The summed E-state index contributed by atoms with van der Waals surface area (Å²) in [5.41, 5.74) is 4.92. The minimum absolute atomic E-state index is 0.211. The van der Waals surface area contributed by atoms with Gasteiger partial charge in [0.05, 0.1) is 6.10 Å². The van der Waals surface area contributed by atoms with E-state index >= 15 is 0 Å². The van der Waals surface area contributed by atoms with Crippen LogP contribution in [0.5, 0.6) is 0 Å². The summed E-state index contributed by atoms with van der Waals surface area (Å²) in [5, 5.41) is 9.21. The van der Waals surface area contributed by atoms with Crippen molar-refractivity contribution in [3.05, 3.63) is 0 Å². The summed E-state index contributed by atoms with van der Waals surface area (Å²) in [7, 11) is 0. The van der Waals surface area contributed by atoms with Gasteiger partial charge in [0.2, 0.25) is 5.92 Å². The van der Waals surface area contributed by atoms with Crippen molar-refractivity contribution in [1.29, 1.82) is 0 Å². The molecule has 0 aliphatic heterocycles. The highest BCUT2D eigenvalue weighted by Crippen LogP contribution is 2.61. The second-order valence-electron chi connectivity index (χ2n) is 3.80. The first kappa shape index (κ1) is 7.43. The van der Waals surface area contributed by atoms with Gasteiger partial charge in [-0.25, -0.2) is 8.78 Å². The van der Waals surface area contributed by atoms with E-state index in [1.807, 2.05) is 0 Å². The smallest absolute Gasteiger partial charge is 0.249 e. The predicted octanol–water partition coefficient (Wildman–Crippen LogP) is 0.494. The van der Waals surface area contributed by atoms with E-state index in [2.05, 4.69) is 0 Å². The Balaban J connectivity index is 2.06. The van der Waals surface area contributed by atoms with Gasteiger partial charge in [0.1, 0.15) is 0 Å². The maximum Gasteiger partial charge on any atom is 0.249 e. The molecular formula is C7H11F2NO. The molecule has 4 heteroatoms. The fraction of sp³-hybridized carbons (Fsp3) is 1.00. The highest BCUT2D eigenvalue weighted by atomic mass is 19.3. The van der Waals surface area contributed by atoms with Crippen molar-refractivity contribution in [1.82, 2.24) is 0 Å². The van der Waals surface area contributed by atoms with Gasteiger partial charge in [0, 0.05) is 24.3 Å². The fourth-order valence-electron chi connectivity index (χ4n) is 2.21. The van der Waals surface area contributed by atoms with Crippen molar-refractivity contribution < 1.29 is 13.9 Å². The van der Waals surface area contributed by atoms with Crippen LogP contribution in [0.25, 0.3) is 0 Å². The zero-order chi connectivity index (χ0) is 8.28. The summed E-state index contributed by atoms with van der Waals surface area (Å²) in [6, 6.07) is -0.211. The third kappa shape index (κ3) is 0.767. The van der Waals surface area contributed by atoms with Crippen LogP contribution in [0.4, 0.5) is 8.78 Å². The molecule has 2 saturated carbocycles. The van der Waals surface area contributed by atoms with Gasteiger partial charge in [0.25, 0.3) is 0 Å². The molecule has 0 bridgehead atoms. The molecule has 0 saturated heterocycles. The lowest BCUT2D eigenvalue weighted by Gasteiger charge is -2.60. The largest absolute Gasteiger partial charge is 0.392 e. The Bertz CT molecular complexity index is 177. The Labute approximate surface area is 63.4 Å². The molecular weight excluding hydrogens is 152 g/mol. The lowest BCUT2D eigenvalue weighted by molar-refractivity contribution is -0.249. The Morgan fingerprint density at radius 2 is 1.91 bits per heavy atom. The molecule has 0 aromatic carbocycles. The molecule has 2 nitrogen and oxygen atoms in total. The van der Waals surface area contributed by atoms with E-state index in [1.54, 1.807) is 0 Å². The number of nitrogens with two attached hydrogens (primary N) is 1. The van der Waals surface area contributed by atoms with E-state index in [4.69, 9.17) is 5.73 Å². The van der Waals surface area contributed by atoms with Gasteiger partial charge < -0.3 is 10.8 Å². The summed E-state index contributed by atoms with van der Waals surface area (Å²) >= 11 is 0. The first-order chi connectivity index (χ1) is 4.96. The van der Waals surface area contributed by atoms with Crippen LogP contribution >= 0.6 is 0 Å². The van der Waals surface area contributed by atoms with Crippen molar-refractivity contribution in [3.8, 4) is 0 Å². The number of aliphatic hydroxyl groups excluding tert-OH is 1. The minimum Gasteiger partial charge on any atom is -0.392 e. The van der Waals surface area contributed by atoms with E-state index in [9.17, 15) is 13.9 Å². The van der Waals surface area contributed by atoms with E-state index in [1.165, 1.54) is 0 Å². The number of halogens is 2. The highest BCUT2D eigenvalue weighted by molar-refractivity contribution is 5.15. The molecule has 0 aromatic heterocycles. The van der Waals surface area contributed by atoms with Gasteiger partial charge in [-0.05, 0) is 6.42 Å². The summed E-state index contributed by atoms with van der Waals surface area (Å²) in [4.78, 5) is 0. The van der Waals surface area contributed by atoms with Gasteiger partial charge in [-0.2, -0.15) is 0 Å². The lowest BCUT2D eigenvalue weighted by Crippen LogP contribution is -2.70. The number of aliphatic hydroxyl groups is 1. The molecule has 0 unspecified atom stereocenters. The Hall–Kier alpha value is -0.220. The summed E-state index contributed by atoms with van der Waals surface area (Å²) < 4.78 is 24.9. The van der Waals surface area contributed by atoms with Gasteiger partial charge in [-0.15, -0.1) is 0 Å². The van der Waals surface area contributed by atoms with Crippen molar-refractivity contribution >= 4 is 0 Å². The number of hydrogen-bond acceptors (Lipinski definition) is 2. The second-order valence-corrected chi connectivity index (χ2v) is 3.80. The second kappa shape index (κ2) is 1.75. The third-order valence-corrected chi connectivity index (χ3v) is 3.05. The molecule has 0 radical (unpaired) electrons. The lowest BCUT2D eigenvalue weighted by atomic mass is 9.50. The van der Waals surface area contributed by atoms with E-state index in [-0.39, 0.29) is 18.9 Å². The zero-order valence-corrected chi connectivity index (χ0v) is 6.06. The van der Waals surface area contributed by atoms with Crippen LogP contribution in [0, 0.1) is 5.41 Å². The van der Waals surface area contributed by atoms with Crippen molar-refractivity contribution in [3.63, 3.8) is 0 Å². The van der Waals surface area contributed by atoms with Crippen LogP contribution in [-0.4, -0.2) is 23.2 Å². The maximum atomic E-state index is 12.4. The van der Waals surface area contributed by atoms with Gasteiger partial charge in [-0.1, -0.05) is 0 Å². The van der Waals surface area contributed by atoms with E-state index in [0.717, 1.165) is 0 Å². The van der Waals surface area contributed by atoms with Crippen LogP contribution in [0.2, 0.25) is 0 Å². The molecule has 2 aliphatic rings. The molecule has 1 spiro atoms. The topological polar surface area (TPSA) is 46.2 Å². The molecule has 0 amide bonds. The zero-order valence-electron chi connectivity index (χ0n) is 6.06.